The zero-order valence-electron chi connectivity index (χ0n) is 13.1. The van der Waals surface area contributed by atoms with Crippen LogP contribution in [0.25, 0.3) is 22.0 Å². The van der Waals surface area contributed by atoms with E-state index in [0.29, 0.717) is 0 Å². The largest absolute Gasteiger partial charge is 0.275 e. The molecule has 0 aliphatic carbocycles. The average Bonchev–Trinajstić information content (AvgIpc) is 2.62. The topological polar surface area (TPSA) is 17.4 Å². The number of pyridine rings is 1. The third kappa shape index (κ3) is 2.91. The SMILES string of the molecule is Clc1ccc2[nH+]c(N3CCCCC3)cc(-c3ccccc3)c2c1. The maximum absolute atomic E-state index is 6.24. The Morgan fingerprint density at radius 2 is 1.65 bits per heavy atom. The third-order valence-corrected chi connectivity index (χ3v) is 4.83. The predicted molar refractivity (Wildman–Crippen MR) is 97.0 cm³/mol. The van der Waals surface area contributed by atoms with Gasteiger partial charge in [-0.2, -0.15) is 0 Å². The second-order valence-electron chi connectivity index (χ2n) is 6.17. The molecule has 0 bridgehead atoms. The monoisotopic (exact) mass is 323 g/mol. The molecule has 4 rings (SSSR count). The average molecular weight is 324 g/mol. The molecule has 0 atom stereocenters. The van der Waals surface area contributed by atoms with Crippen molar-refractivity contribution in [1.29, 1.82) is 0 Å². The number of anilines is 1. The van der Waals surface area contributed by atoms with Crippen LogP contribution in [0.15, 0.2) is 54.6 Å². The number of rotatable bonds is 2. The fourth-order valence-electron chi connectivity index (χ4n) is 3.40. The maximum Gasteiger partial charge on any atom is 0.275 e. The summed E-state index contributed by atoms with van der Waals surface area (Å²) in [5, 5.41) is 1.94. The smallest absolute Gasteiger partial charge is 0.262 e. The summed E-state index contributed by atoms with van der Waals surface area (Å²) >= 11 is 6.24. The molecule has 0 saturated carbocycles. The van der Waals surface area contributed by atoms with E-state index in [4.69, 9.17) is 11.6 Å². The Morgan fingerprint density at radius 3 is 2.43 bits per heavy atom. The van der Waals surface area contributed by atoms with Gasteiger partial charge < -0.3 is 0 Å². The first-order valence-corrected chi connectivity index (χ1v) is 8.65. The van der Waals surface area contributed by atoms with Gasteiger partial charge in [0, 0.05) is 22.0 Å². The van der Waals surface area contributed by atoms with Gasteiger partial charge in [0.15, 0.2) is 0 Å². The number of benzene rings is 2. The van der Waals surface area contributed by atoms with E-state index in [1.807, 2.05) is 6.07 Å². The van der Waals surface area contributed by atoms with Crippen molar-refractivity contribution in [2.75, 3.05) is 18.0 Å². The first-order chi connectivity index (χ1) is 11.3. The van der Waals surface area contributed by atoms with Crippen molar-refractivity contribution < 1.29 is 4.98 Å². The molecular weight excluding hydrogens is 304 g/mol. The van der Waals surface area contributed by atoms with E-state index in [9.17, 15) is 0 Å². The summed E-state index contributed by atoms with van der Waals surface area (Å²) in [4.78, 5) is 6.06. The zero-order chi connectivity index (χ0) is 15.6. The van der Waals surface area contributed by atoms with Gasteiger partial charge in [-0.15, -0.1) is 0 Å². The molecule has 1 saturated heterocycles. The molecular formula is C20H20ClN2+. The summed E-state index contributed by atoms with van der Waals surface area (Å²) in [6.45, 7) is 2.26. The number of aromatic nitrogens is 1. The van der Waals surface area contributed by atoms with Crippen molar-refractivity contribution in [3.63, 3.8) is 0 Å². The molecule has 1 N–H and O–H groups in total. The van der Waals surface area contributed by atoms with E-state index in [1.165, 1.54) is 41.6 Å². The summed E-state index contributed by atoms with van der Waals surface area (Å²) in [6, 6.07) is 18.9. The molecule has 0 unspecified atom stereocenters. The van der Waals surface area contributed by atoms with Gasteiger partial charge >= 0.3 is 0 Å². The zero-order valence-corrected chi connectivity index (χ0v) is 13.8. The normalized spacial score (nSPS) is 15.1. The molecule has 3 heteroatoms. The lowest BCUT2D eigenvalue weighted by Crippen LogP contribution is -2.34. The van der Waals surface area contributed by atoms with Gasteiger partial charge in [0.1, 0.15) is 5.52 Å². The van der Waals surface area contributed by atoms with Crippen molar-refractivity contribution >= 4 is 28.3 Å². The molecule has 1 aliphatic heterocycles. The van der Waals surface area contributed by atoms with Crippen LogP contribution in [0.4, 0.5) is 5.82 Å². The third-order valence-electron chi connectivity index (χ3n) is 4.60. The molecule has 1 aromatic heterocycles. The molecule has 3 aromatic rings. The molecule has 0 radical (unpaired) electrons. The minimum absolute atomic E-state index is 0.772. The molecule has 1 fully saturated rings. The van der Waals surface area contributed by atoms with Gasteiger partial charge in [0.25, 0.3) is 5.82 Å². The molecule has 0 spiro atoms. The highest BCUT2D eigenvalue weighted by Gasteiger charge is 2.21. The highest BCUT2D eigenvalue weighted by molar-refractivity contribution is 6.31. The van der Waals surface area contributed by atoms with E-state index in [1.54, 1.807) is 0 Å². The van der Waals surface area contributed by atoms with Crippen LogP contribution in [0.3, 0.4) is 0 Å². The quantitative estimate of drug-likeness (QED) is 0.651. The van der Waals surface area contributed by atoms with Crippen molar-refractivity contribution in [2.45, 2.75) is 19.3 Å². The fourth-order valence-corrected chi connectivity index (χ4v) is 3.57. The number of H-pyrrole nitrogens is 1. The number of aromatic amines is 1. The molecule has 2 aromatic carbocycles. The van der Waals surface area contributed by atoms with Crippen LogP contribution in [0.2, 0.25) is 5.02 Å². The summed E-state index contributed by atoms with van der Waals surface area (Å²) < 4.78 is 0. The standard InChI is InChI=1S/C20H19ClN2/c21-16-9-10-19-18(13-16)17(15-7-3-1-4-8-15)14-20(22-19)23-11-5-2-6-12-23/h1,3-4,7-10,13-14H,2,5-6,11-12H2/p+1. The lowest BCUT2D eigenvalue weighted by Gasteiger charge is -2.22. The lowest BCUT2D eigenvalue weighted by molar-refractivity contribution is -0.330. The van der Waals surface area contributed by atoms with Crippen molar-refractivity contribution in [2.24, 2.45) is 0 Å². The molecule has 23 heavy (non-hydrogen) atoms. The number of nitrogens with one attached hydrogen (secondary N) is 1. The molecule has 1 aliphatic rings. The Hall–Kier alpha value is -2.06. The molecule has 2 nitrogen and oxygen atoms in total. The van der Waals surface area contributed by atoms with Crippen LogP contribution >= 0.6 is 11.6 Å². The Kier molecular flexibility index (Phi) is 3.92. The summed E-state index contributed by atoms with van der Waals surface area (Å²) in [6.07, 6.45) is 3.88. The van der Waals surface area contributed by atoms with Crippen molar-refractivity contribution in [3.05, 3.63) is 59.6 Å². The van der Waals surface area contributed by atoms with Crippen LogP contribution in [0, 0.1) is 0 Å². The first-order valence-electron chi connectivity index (χ1n) is 8.27. The number of hydrogen-bond donors (Lipinski definition) is 0. The van der Waals surface area contributed by atoms with Crippen LogP contribution in [0.5, 0.6) is 0 Å². The highest BCUT2D eigenvalue weighted by Crippen LogP contribution is 2.31. The van der Waals surface area contributed by atoms with Gasteiger partial charge in [-0.3, -0.25) is 4.90 Å². The molecule has 0 amide bonds. The predicted octanol–water partition coefficient (Wildman–Crippen LogP) is 4.96. The second kappa shape index (κ2) is 6.21. The van der Waals surface area contributed by atoms with Gasteiger partial charge in [0.05, 0.1) is 13.1 Å². The van der Waals surface area contributed by atoms with E-state index in [-0.39, 0.29) is 0 Å². The Balaban J connectivity index is 1.91. The maximum atomic E-state index is 6.24. The van der Waals surface area contributed by atoms with Crippen LogP contribution in [0.1, 0.15) is 19.3 Å². The Bertz CT molecular complexity index is 824. The van der Waals surface area contributed by atoms with Crippen LogP contribution < -0.4 is 9.88 Å². The van der Waals surface area contributed by atoms with Crippen molar-refractivity contribution in [1.82, 2.24) is 0 Å². The van der Waals surface area contributed by atoms with E-state index in [2.05, 4.69) is 58.4 Å². The summed E-state index contributed by atoms with van der Waals surface area (Å²) in [5.41, 5.74) is 3.60. The van der Waals surface area contributed by atoms with Gasteiger partial charge in [-0.1, -0.05) is 41.9 Å². The minimum Gasteiger partial charge on any atom is -0.262 e. The number of hydrogen-bond acceptors (Lipinski definition) is 1. The number of halogens is 1. The van der Waals surface area contributed by atoms with Crippen molar-refractivity contribution in [3.8, 4) is 11.1 Å². The highest BCUT2D eigenvalue weighted by atomic mass is 35.5. The number of piperidine rings is 1. The molecule has 116 valence electrons. The minimum atomic E-state index is 0.772. The van der Waals surface area contributed by atoms with Gasteiger partial charge in [-0.05, 0) is 43.0 Å². The summed E-state index contributed by atoms with van der Waals surface area (Å²) in [5.74, 6) is 1.21. The van der Waals surface area contributed by atoms with Crippen LogP contribution in [-0.2, 0) is 0 Å². The van der Waals surface area contributed by atoms with E-state index >= 15 is 0 Å². The Morgan fingerprint density at radius 1 is 0.870 bits per heavy atom. The first kappa shape index (κ1) is 14.5. The van der Waals surface area contributed by atoms with Crippen LogP contribution in [-0.4, -0.2) is 13.1 Å². The van der Waals surface area contributed by atoms with Gasteiger partial charge in [0.2, 0.25) is 0 Å². The van der Waals surface area contributed by atoms with E-state index < -0.39 is 0 Å². The fraction of sp³-hybridized carbons (Fsp3) is 0.250. The number of nitrogens with zero attached hydrogens (tertiary/aromatic N) is 1. The van der Waals surface area contributed by atoms with E-state index in [0.717, 1.165) is 23.6 Å². The van der Waals surface area contributed by atoms with Gasteiger partial charge in [-0.25, -0.2) is 4.98 Å². The Labute approximate surface area is 141 Å². The second-order valence-corrected chi connectivity index (χ2v) is 6.61. The number of fused-ring (bicyclic) bond motifs is 1. The molecule has 2 heterocycles. The summed E-state index contributed by atoms with van der Waals surface area (Å²) in [7, 11) is 0. The lowest BCUT2D eigenvalue weighted by atomic mass is 10.0.